The lowest BCUT2D eigenvalue weighted by Crippen LogP contribution is -2.22. The van der Waals surface area contributed by atoms with E-state index in [0.717, 1.165) is 37.7 Å². The number of rotatable bonds is 7. The number of hydrogen-bond acceptors (Lipinski definition) is 1. The smallest absolute Gasteiger partial charge is 0.246 e. The summed E-state index contributed by atoms with van der Waals surface area (Å²) in [6.07, 6.45) is 5.36. The van der Waals surface area contributed by atoms with Gasteiger partial charge in [-0.3, -0.25) is 0 Å². The second-order valence-electron chi connectivity index (χ2n) is 5.05. The van der Waals surface area contributed by atoms with E-state index in [4.69, 9.17) is 4.43 Å². The van der Waals surface area contributed by atoms with Crippen molar-refractivity contribution in [1.29, 1.82) is 0 Å². The highest BCUT2D eigenvalue weighted by Crippen LogP contribution is 2.18. The van der Waals surface area contributed by atoms with Crippen LogP contribution in [0.1, 0.15) is 45.1 Å². The molecule has 3 radical (unpaired) electrons. The molecular formula is C14H20FOSi. The maximum atomic E-state index is 12.9. The van der Waals surface area contributed by atoms with Crippen molar-refractivity contribution in [3.8, 4) is 0 Å². The Morgan fingerprint density at radius 2 is 2.00 bits per heavy atom. The molecule has 0 aromatic heterocycles. The second kappa shape index (κ2) is 6.92. The van der Waals surface area contributed by atoms with Crippen molar-refractivity contribution in [3.05, 3.63) is 35.6 Å². The Labute approximate surface area is 107 Å². The third-order valence-electron chi connectivity index (χ3n) is 2.91. The molecule has 0 aliphatic heterocycles. The Bertz CT molecular complexity index is 339. The minimum absolute atomic E-state index is 0.101. The van der Waals surface area contributed by atoms with Crippen LogP contribution in [0.4, 0.5) is 4.39 Å². The summed E-state index contributed by atoms with van der Waals surface area (Å²) >= 11 is 0. The van der Waals surface area contributed by atoms with Crippen LogP contribution in [0.3, 0.4) is 0 Å². The third-order valence-corrected chi connectivity index (χ3v) is 3.46. The summed E-state index contributed by atoms with van der Waals surface area (Å²) in [4.78, 5) is 0. The second-order valence-corrected chi connectivity index (χ2v) is 5.26. The summed E-state index contributed by atoms with van der Waals surface area (Å²) in [5, 5.41) is 0. The van der Waals surface area contributed by atoms with E-state index in [1.54, 1.807) is 12.1 Å². The van der Waals surface area contributed by atoms with Crippen LogP contribution in [0.15, 0.2) is 24.3 Å². The summed E-state index contributed by atoms with van der Waals surface area (Å²) < 4.78 is 18.1. The number of benzene rings is 1. The van der Waals surface area contributed by atoms with Gasteiger partial charge in [0.1, 0.15) is 5.82 Å². The molecule has 0 atom stereocenters. The van der Waals surface area contributed by atoms with Gasteiger partial charge in [-0.15, -0.1) is 0 Å². The fraction of sp³-hybridized carbons (Fsp3) is 0.571. The van der Waals surface area contributed by atoms with Crippen molar-refractivity contribution >= 4 is 10.5 Å². The molecule has 1 aromatic carbocycles. The number of halogens is 1. The lowest BCUT2D eigenvalue weighted by atomic mass is 9.99. The van der Waals surface area contributed by atoms with Gasteiger partial charge in [0, 0.05) is 5.60 Å². The zero-order valence-electron chi connectivity index (χ0n) is 10.6. The minimum Gasteiger partial charge on any atom is -0.414 e. The normalized spacial score (nSPS) is 11.8. The highest BCUT2D eigenvalue weighted by Gasteiger charge is 2.14. The van der Waals surface area contributed by atoms with Crippen LogP contribution < -0.4 is 0 Å². The molecule has 0 aliphatic rings. The zero-order chi connectivity index (χ0) is 12.7. The van der Waals surface area contributed by atoms with E-state index in [1.165, 1.54) is 6.07 Å². The summed E-state index contributed by atoms with van der Waals surface area (Å²) in [7, 11) is 3.09. The summed E-state index contributed by atoms with van der Waals surface area (Å²) in [6, 6.07) is 6.85. The molecule has 0 N–H and O–H groups in total. The molecule has 0 saturated carbocycles. The molecule has 0 bridgehead atoms. The first-order valence-electron chi connectivity index (χ1n) is 6.13. The summed E-state index contributed by atoms with van der Waals surface area (Å²) in [6.45, 7) is 4.12. The topological polar surface area (TPSA) is 9.23 Å². The van der Waals surface area contributed by atoms with E-state index in [9.17, 15) is 4.39 Å². The summed E-state index contributed by atoms with van der Waals surface area (Å²) in [5.74, 6) is -0.143. The Morgan fingerprint density at radius 1 is 1.24 bits per heavy atom. The predicted octanol–water partition coefficient (Wildman–Crippen LogP) is 3.81. The van der Waals surface area contributed by atoms with Crippen molar-refractivity contribution in [2.45, 2.75) is 51.6 Å². The molecule has 0 saturated heterocycles. The molecule has 0 fully saturated rings. The largest absolute Gasteiger partial charge is 0.414 e. The Kier molecular flexibility index (Phi) is 5.85. The molecule has 1 nitrogen and oxygen atoms in total. The Morgan fingerprint density at radius 3 is 2.65 bits per heavy atom. The van der Waals surface area contributed by atoms with Gasteiger partial charge in [0.05, 0.1) is 0 Å². The number of unbranched alkanes of at least 4 members (excludes halogenated alkanes) is 2. The van der Waals surface area contributed by atoms with Gasteiger partial charge in [-0.1, -0.05) is 25.0 Å². The highest BCUT2D eigenvalue weighted by molar-refractivity contribution is 5.98. The van der Waals surface area contributed by atoms with E-state index < -0.39 is 0 Å². The van der Waals surface area contributed by atoms with Crippen LogP contribution in [-0.4, -0.2) is 16.1 Å². The van der Waals surface area contributed by atoms with Crippen LogP contribution in [-0.2, 0) is 10.8 Å². The maximum Gasteiger partial charge on any atom is 0.246 e. The van der Waals surface area contributed by atoms with E-state index >= 15 is 0 Å². The molecule has 1 aromatic rings. The number of aryl methyl sites for hydroxylation is 1. The van der Waals surface area contributed by atoms with Gasteiger partial charge < -0.3 is 4.43 Å². The first kappa shape index (κ1) is 14.4. The molecule has 93 valence electrons. The molecule has 1 rings (SSSR count). The monoisotopic (exact) mass is 251 g/mol. The van der Waals surface area contributed by atoms with Crippen LogP contribution in [0.2, 0.25) is 0 Å². The molecule has 0 unspecified atom stereocenters. The van der Waals surface area contributed by atoms with Crippen molar-refractivity contribution in [2.24, 2.45) is 0 Å². The molecule has 3 heteroatoms. The standard InChI is InChI=1S/C14H20FOSi/c1-14(2,16-17)10-5-3-4-7-12-8-6-9-13(15)11-12/h6,8-9,11H,3-5,7,10H2,1-2H3. The first-order chi connectivity index (χ1) is 8.03. The average Bonchev–Trinajstić information content (AvgIpc) is 2.29. The lowest BCUT2D eigenvalue weighted by Gasteiger charge is -2.22. The maximum absolute atomic E-state index is 12.9. The van der Waals surface area contributed by atoms with Gasteiger partial charge in [0.15, 0.2) is 0 Å². The van der Waals surface area contributed by atoms with Gasteiger partial charge >= 0.3 is 0 Å². The SMILES string of the molecule is CC(C)(CCCCCc1cccc(F)c1)O[Si]. The fourth-order valence-electron chi connectivity index (χ4n) is 1.80. The van der Waals surface area contributed by atoms with Crippen LogP contribution in [0.5, 0.6) is 0 Å². The predicted molar refractivity (Wildman–Crippen MR) is 69.5 cm³/mol. The van der Waals surface area contributed by atoms with Gasteiger partial charge in [0.2, 0.25) is 10.5 Å². The molecule has 0 heterocycles. The van der Waals surface area contributed by atoms with Crippen molar-refractivity contribution < 1.29 is 8.82 Å². The zero-order valence-corrected chi connectivity index (χ0v) is 11.6. The van der Waals surface area contributed by atoms with E-state index in [0.29, 0.717) is 0 Å². The van der Waals surface area contributed by atoms with E-state index in [1.807, 2.05) is 6.07 Å². The molecule has 0 aliphatic carbocycles. The highest BCUT2D eigenvalue weighted by atomic mass is 28.2. The van der Waals surface area contributed by atoms with Gasteiger partial charge in [-0.05, 0) is 50.8 Å². The van der Waals surface area contributed by atoms with Crippen LogP contribution in [0, 0.1) is 5.82 Å². The van der Waals surface area contributed by atoms with Crippen molar-refractivity contribution in [3.63, 3.8) is 0 Å². The Hall–Kier alpha value is -0.673. The first-order valence-corrected chi connectivity index (χ1v) is 6.53. The average molecular weight is 251 g/mol. The van der Waals surface area contributed by atoms with Crippen molar-refractivity contribution in [2.75, 3.05) is 0 Å². The van der Waals surface area contributed by atoms with Crippen LogP contribution in [0.25, 0.3) is 0 Å². The molecule has 17 heavy (non-hydrogen) atoms. The van der Waals surface area contributed by atoms with Gasteiger partial charge in [-0.25, -0.2) is 4.39 Å². The third kappa shape index (κ3) is 5.98. The lowest BCUT2D eigenvalue weighted by molar-refractivity contribution is 0.109. The quantitative estimate of drug-likeness (QED) is 0.529. The molecule has 0 spiro atoms. The molecule has 0 amide bonds. The van der Waals surface area contributed by atoms with Gasteiger partial charge in [0.25, 0.3) is 0 Å². The fourth-order valence-corrected chi connectivity index (χ4v) is 1.90. The van der Waals surface area contributed by atoms with Gasteiger partial charge in [-0.2, -0.15) is 0 Å². The van der Waals surface area contributed by atoms with E-state index in [-0.39, 0.29) is 11.4 Å². The Balaban J connectivity index is 2.17. The molecular weight excluding hydrogens is 231 g/mol. The summed E-state index contributed by atoms with van der Waals surface area (Å²) in [5.41, 5.74) is 0.982. The number of hydrogen-bond donors (Lipinski definition) is 0. The minimum atomic E-state index is -0.143. The van der Waals surface area contributed by atoms with Crippen LogP contribution >= 0.6 is 0 Å². The van der Waals surface area contributed by atoms with Crippen molar-refractivity contribution in [1.82, 2.24) is 0 Å². The van der Waals surface area contributed by atoms with E-state index in [2.05, 4.69) is 24.3 Å².